The molecular weight excluding hydrogens is 1010 g/mol. The van der Waals surface area contributed by atoms with E-state index in [1.807, 2.05) is 0 Å². The van der Waals surface area contributed by atoms with Gasteiger partial charge in [-0.05, 0) is 179 Å². The largest absolute Gasteiger partial charge is 0.460 e. The second-order valence-corrected chi connectivity index (χ2v) is 25.3. The minimum absolute atomic E-state index is 0.0210. The lowest BCUT2D eigenvalue weighted by Crippen LogP contribution is -2.46. The topological polar surface area (TPSA) is 269 Å². The molecule has 76 heavy (non-hydrogen) atoms. The summed E-state index contributed by atoms with van der Waals surface area (Å²) in [5, 5.41) is 13.7. The Labute approximate surface area is 450 Å². The number of benzene rings is 1. The van der Waals surface area contributed by atoms with Crippen LogP contribution < -0.4 is 26.4 Å². The number of hydrogen-bond acceptors (Lipinski definition) is 15. The minimum Gasteiger partial charge on any atom is -0.460 e. The van der Waals surface area contributed by atoms with Crippen LogP contribution in [0.5, 0.6) is 0 Å². The lowest BCUT2D eigenvalue weighted by Gasteiger charge is -2.31. The van der Waals surface area contributed by atoms with Crippen molar-refractivity contribution in [2.24, 2.45) is 0 Å². The summed E-state index contributed by atoms with van der Waals surface area (Å²) in [7, 11) is -4.37. The van der Waals surface area contributed by atoms with Gasteiger partial charge in [0.2, 0.25) is 17.7 Å². The zero-order chi connectivity index (χ0) is 58.1. The van der Waals surface area contributed by atoms with Crippen molar-refractivity contribution in [2.45, 2.75) is 240 Å². The molecule has 0 aliphatic carbocycles. The average molecular weight is 1100 g/mol. The molecule has 5 N–H and O–H groups in total. The summed E-state index contributed by atoms with van der Waals surface area (Å²) in [6.45, 7) is 25.5. The summed E-state index contributed by atoms with van der Waals surface area (Å²) in [5.74, 6) is -4.80. The van der Waals surface area contributed by atoms with Crippen molar-refractivity contribution in [1.29, 1.82) is 0 Å². The molecule has 0 bridgehead atoms. The van der Waals surface area contributed by atoms with Crippen molar-refractivity contribution < 1.29 is 75.3 Å². The van der Waals surface area contributed by atoms with Crippen molar-refractivity contribution in [1.82, 2.24) is 26.4 Å². The third-order valence-electron chi connectivity index (χ3n) is 9.94. The van der Waals surface area contributed by atoms with Crippen molar-refractivity contribution in [2.75, 3.05) is 19.7 Å². The Balaban J connectivity index is 2.88. The Morgan fingerprint density at radius 2 is 0.921 bits per heavy atom. The zero-order valence-electron chi connectivity index (χ0n) is 48.0. The highest BCUT2D eigenvalue weighted by molar-refractivity contribution is 7.51. The van der Waals surface area contributed by atoms with Crippen LogP contribution in [0.2, 0.25) is 0 Å². The molecule has 0 fully saturated rings. The van der Waals surface area contributed by atoms with E-state index < -0.39 is 95.4 Å². The van der Waals surface area contributed by atoms with Gasteiger partial charge in [0.15, 0.2) is 0 Å². The Bertz CT molecular complexity index is 2090. The summed E-state index contributed by atoms with van der Waals surface area (Å²) in [4.78, 5) is 104. The van der Waals surface area contributed by atoms with E-state index in [1.165, 1.54) is 24.3 Å². The van der Waals surface area contributed by atoms with Crippen LogP contribution in [-0.2, 0) is 66.1 Å². The quantitative estimate of drug-likeness (QED) is 0.0196. The highest BCUT2D eigenvalue weighted by Gasteiger charge is 2.39. The molecule has 4 amide bonds. The van der Waals surface area contributed by atoms with Gasteiger partial charge in [-0.15, -0.1) is 0 Å². The van der Waals surface area contributed by atoms with Gasteiger partial charge in [-0.3, -0.25) is 37.8 Å². The maximum Gasteiger partial charge on any atom is 0.406 e. The molecule has 20 nitrogen and oxygen atoms in total. The lowest BCUT2D eigenvalue weighted by molar-refractivity contribution is -0.160. The lowest BCUT2D eigenvalue weighted by atomic mass is 10.1. The van der Waals surface area contributed by atoms with Crippen molar-refractivity contribution in [3.8, 4) is 0 Å². The smallest absolute Gasteiger partial charge is 0.406 e. The van der Waals surface area contributed by atoms with Gasteiger partial charge >= 0.3 is 31.6 Å². The normalized spacial score (nSPS) is 14.2. The van der Waals surface area contributed by atoms with Crippen molar-refractivity contribution in [3.05, 3.63) is 35.6 Å². The number of ether oxygens (including phenoxy) is 4. The summed E-state index contributed by atoms with van der Waals surface area (Å²) < 4.78 is 61.3. The summed E-state index contributed by atoms with van der Waals surface area (Å²) in [5.41, 5.74) is -4.25. The number of rotatable bonds is 32. The maximum absolute atomic E-state index is 14.4. The van der Waals surface area contributed by atoms with Gasteiger partial charge in [0.25, 0.3) is 5.91 Å². The van der Waals surface area contributed by atoms with E-state index in [2.05, 4.69) is 26.4 Å². The van der Waals surface area contributed by atoms with Crippen LogP contribution in [0, 0.1) is 5.82 Å². The summed E-state index contributed by atoms with van der Waals surface area (Å²) in [6, 6.07) is 1.53. The number of amides is 4. The fraction of sp³-hybridized carbons (Fsp3) is 0.741. The molecule has 1 rings (SSSR count). The first-order chi connectivity index (χ1) is 34.8. The van der Waals surface area contributed by atoms with Crippen LogP contribution in [0.4, 0.5) is 4.39 Å². The molecule has 22 heteroatoms. The highest BCUT2D eigenvalue weighted by atomic mass is 31.2. The Morgan fingerprint density at radius 3 is 1.41 bits per heavy atom. The van der Waals surface area contributed by atoms with E-state index >= 15 is 0 Å². The van der Waals surface area contributed by atoms with Crippen LogP contribution in [0.1, 0.15) is 204 Å². The standard InChI is InChI=1S/C54H91FN5O15P/c1-50(2,3)71-45(64)33-31-41(49(68)74-53(10,11)12)60-76(69,75-54(13,14)15)70-36-22-23-39(47(66)72-51(4,5)6)58-44(63)32-30-40(48(67)73-52(7,8)9)59-43(62)25-19-17-20-34-56-42(61)24-18-16-21-35-57-46(65)37-26-28-38(55)29-27-37/h26-29,39-41H,16-25,30-36H2,1-15H3,(H,56,61)(H,57,65)(H,58,63)(H,59,62)(H,60,69)/t39-,40-,41-,76?/m0/s1. The molecule has 0 saturated heterocycles. The number of carbonyl (C=O) groups is 8. The van der Waals surface area contributed by atoms with E-state index in [0.29, 0.717) is 57.2 Å². The first-order valence-electron chi connectivity index (χ1n) is 26.4. The van der Waals surface area contributed by atoms with Crippen molar-refractivity contribution in [3.63, 3.8) is 0 Å². The molecule has 0 spiro atoms. The molecule has 0 aliphatic rings. The van der Waals surface area contributed by atoms with Gasteiger partial charge in [-0.25, -0.2) is 23.6 Å². The number of nitrogens with one attached hydrogen (secondary N) is 5. The summed E-state index contributed by atoms with van der Waals surface area (Å²) in [6.07, 6.45) is 3.21. The first-order valence-corrected chi connectivity index (χ1v) is 27.9. The molecule has 0 saturated carbocycles. The fourth-order valence-corrected chi connectivity index (χ4v) is 8.71. The zero-order valence-corrected chi connectivity index (χ0v) is 48.9. The van der Waals surface area contributed by atoms with E-state index in [1.54, 1.807) is 104 Å². The predicted octanol–water partition coefficient (Wildman–Crippen LogP) is 8.37. The van der Waals surface area contributed by atoms with Gasteiger partial charge in [-0.1, -0.05) is 12.8 Å². The maximum atomic E-state index is 14.4. The van der Waals surface area contributed by atoms with Crippen LogP contribution in [0.25, 0.3) is 0 Å². The number of carbonyl (C=O) groups excluding carboxylic acids is 8. The Hall–Kier alpha value is -4.98. The van der Waals surface area contributed by atoms with Crippen molar-refractivity contribution >= 4 is 55.3 Å². The molecule has 434 valence electrons. The molecule has 0 radical (unpaired) electrons. The molecule has 0 aromatic heterocycles. The van der Waals surface area contributed by atoms with E-state index in [-0.39, 0.29) is 63.4 Å². The molecule has 4 atom stereocenters. The van der Waals surface area contributed by atoms with Gasteiger partial charge < -0.3 is 40.2 Å². The van der Waals surface area contributed by atoms with Gasteiger partial charge in [-0.2, -0.15) is 0 Å². The summed E-state index contributed by atoms with van der Waals surface area (Å²) >= 11 is 0. The molecule has 0 heterocycles. The molecular formula is C54H91FN5O15P. The van der Waals surface area contributed by atoms with Crippen LogP contribution in [0.15, 0.2) is 24.3 Å². The second kappa shape index (κ2) is 32.0. The van der Waals surface area contributed by atoms with E-state index in [0.717, 1.165) is 6.42 Å². The highest BCUT2D eigenvalue weighted by Crippen LogP contribution is 2.48. The van der Waals surface area contributed by atoms with Gasteiger partial charge in [0.1, 0.15) is 46.3 Å². The van der Waals surface area contributed by atoms with Crippen LogP contribution >= 0.6 is 7.75 Å². The van der Waals surface area contributed by atoms with Crippen LogP contribution in [0.3, 0.4) is 0 Å². The third kappa shape index (κ3) is 34.6. The van der Waals surface area contributed by atoms with Crippen LogP contribution in [-0.4, -0.2) is 113 Å². The first kappa shape index (κ1) is 69.0. The number of esters is 4. The van der Waals surface area contributed by atoms with Gasteiger partial charge in [0.05, 0.1) is 12.2 Å². The number of hydrogen-bond donors (Lipinski definition) is 5. The molecule has 1 aromatic rings. The SMILES string of the molecule is CC(C)(C)OC(=O)CC[C@H](NP(=O)(OCCC[C@H](NC(=O)CC[C@H](NC(=O)CCCCCNC(=O)CCCCCNC(=O)c1ccc(F)cc1)C(=O)OC(C)(C)C)C(=O)OC(C)(C)C)OC(C)(C)C)C(=O)OC(C)(C)C. The predicted molar refractivity (Wildman–Crippen MR) is 285 cm³/mol. The number of unbranched alkanes of at least 4 members (excludes halogenated alkanes) is 4. The minimum atomic E-state index is -4.37. The number of halogens is 1. The third-order valence-corrected chi connectivity index (χ3v) is 11.9. The molecule has 1 aromatic carbocycles. The molecule has 1 unspecified atom stereocenters. The average Bonchev–Trinajstić information content (AvgIpc) is 3.24. The monoisotopic (exact) mass is 1100 g/mol. The molecule has 0 aliphatic heterocycles. The van der Waals surface area contributed by atoms with E-state index in [9.17, 15) is 47.3 Å². The fourth-order valence-electron chi connectivity index (χ4n) is 6.82. The van der Waals surface area contributed by atoms with Gasteiger partial charge in [0, 0.05) is 44.3 Å². The van der Waals surface area contributed by atoms with E-state index in [4.69, 9.17) is 28.0 Å². The Morgan fingerprint density at radius 1 is 0.487 bits per heavy atom. The second-order valence-electron chi connectivity index (χ2n) is 23.6. The Kier molecular flexibility index (Phi) is 29.1.